The molecule has 6 nitrogen and oxygen atoms in total. The van der Waals surface area contributed by atoms with E-state index in [4.69, 9.17) is 0 Å². The van der Waals surface area contributed by atoms with E-state index in [1.165, 1.54) is 18.1 Å². The van der Waals surface area contributed by atoms with Gasteiger partial charge in [0, 0.05) is 12.0 Å². The van der Waals surface area contributed by atoms with Crippen LogP contribution in [0.25, 0.3) is 5.69 Å². The summed E-state index contributed by atoms with van der Waals surface area (Å²) in [6.45, 7) is 1.79. The highest BCUT2D eigenvalue weighted by Gasteiger charge is 2.15. The summed E-state index contributed by atoms with van der Waals surface area (Å²) < 4.78 is 5.94. The molecule has 0 saturated heterocycles. The van der Waals surface area contributed by atoms with Gasteiger partial charge in [-0.2, -0.15) is 0 Å². The van der Waals surface area contributed by atoms with Crippen LogP contribution in [0, 0.1) is 0 Å². The van der Waals surface area contributed by atoms with E-state index in [1.54, 1.807) is 31.2 Å². The number of esters is 1. The molecule has 2 rings (SSSR count). The first-order valence-corrected chi connectivity index (χ1v) is 5.80. The second kappa shape index (κ2) is 5.43. The van der Waals surface area contributed by atoms with Crippen LogP contribution in [0.3, 0.4) is 0 Å². The zero-order valence-corrected chi connectivity index (χ0v) is 10.7. The first kappa shape index (κ1) is 12.9. The molecule has 0 N–H and O–H groups in total. The maximum absolute atomic E-state index is 11.9. The Bertz CT molecular complexity index is 619. The highest BCUT2D eigenvalue weighted by Crippen LogP contribution is 2.15. The van der Waals surface area contributed by atoms with Crippen molar-refractivity contribution < 1.29 is 14.3 Å². The van der Waals surface area contributed by atoms with Crippen molar-refractivity contribution in [2.24, 2.45) is 0 Å². The summed E-state index contributed by atoms with van der Waals surface area (Å²) in [5.74, 6) is -0.648. The molecule has 1 aromatic carbocycles. The molecule has 0 fully saturated rings. The third kappa shape index (κ3) is 2.52. The highest BCUT2D eigenvalue weighted by molar-refractivity contribution is 5.99. The minimum absolute atomic E-state index is 0.00529. The van der Waals surface area contributed by atoms with Gasteiger partial charge in [0.15, 0.2) is 5.78 Å². The summed E-state index contributed by atoms with van der Waals surface area (Å²) in [4.78, 5) is 27.0. The Labute approximate surface area is 110 Å². The fourth-order valence-electron chi connectivity index (χ4n) is 1.66. The lowest BCUT2D eigenvalue weighted by atomic mass is 10.1. The first-order chi connectivity index (χ1) is 9.17. The zero-order valence-electron chi connectivity index (χ0n) is 10.7. The molecule has 0 radical (unpaired) electrons. The van der Waals surface area contributed by atoms with Gasteiger partial charge in [-0.15, -0.1) is 5.10 Å². The Morgan fingerprint density at radius 3 is 2.74 bits per heavy atom. The van der Waals surface area contributed by atoms with E-state index in [-0.39, 0.29) is 11.6 Å². The van der Waals surface area contributed by atoms with Crippen LogP contribution in [-0.2, 0) is 4.74 Å². The predicted molar refractivity (Wildman–Crippen MR) is 67.3 cm³/mol. The number of carbonyl (C=O) groups excluding carboxylic acids is 2. The third-order valence-electron chi connectivity index (χ3n) is 2.63. The second-order valence-electron chi connectivity index (χ2n) is 3.80. The fourth-order valence-corrected chi connectivity index (χ4v) is 1.66. The maximum Gasteiger partial charge on any atom is 0.377 e. The van der Waals surface area contributed by atoms with E-state index in [0.717, 1.165) is 0 Å². The molecule has 1 aromatic heterocycles. The van der Waals surface area contributed by atoms with Gasteiger partial charge in [-0.3, -0.25) is 4.79 Å². The minimum atomic E-state index is -0.613. The molecule has 6 heteroatoms. The Morgan fingerprint density at radius 2 is 2.05 bits per heavy atom. The van der Waals surface area contributed by atoms with Crippen LogP contribution in [-0.4, -0.2) is 33.6 Å². The monoisotopic (exact) mass is 259 g/mol. The van der Waals surface area contributed by atoms with Crippen molar-refractivity contribution in [1.29, 1.82) is 0 Å². The molecule has 2 aromatic rings. The Balaban J connectivity index is 2.45. The van der Waals surface area contributed by atoms with Gasteiger partial charge < -0.3 is 4.74 Å². The van der Waals surface area contributed by atoms with E-state index in [9.17, 15) is 9.59 Å². The van der Waals surface area contributed by atoms with Crippen molar-refractivity contribution >= 4 is 11.8 Å². The lowest BCUT2D eigenvalue weighted by Crippen LogP contribution is -2.08. The summed E-state index contributed by atoms with van der Waals surface area (Å²) in [5.41, 5.74) is 1.14. The number of benzene rings is 1. The van der Waals surface area contributed by atoms with Crippen LogP contribution in [0.1, 0.15) is 34.3 Å². The summed E-state index contributed by atoms with van der Waals surface area (Å²) in [7, 11) is 1.26. The molecule has 0 aliphatic rings. The lowest BCUT2D eigenvalue weighted by molar-refractivity contribution is 0.0587. The number of rotatable bonds is 4. The van der Waals surface area contributed by atoms with Gasteiger partial charge in [0.05, 0.1) is 12.8 Å². The quantitative estimate of drug-likeness (QED) is 0.616. The molecule has 1 heterocycles. The molecule has 0 amide bonds. The van der Waals surface area contributed by atoms with Gasteiger partial charge in [0.1, 0.15) is 6.33 Å². The standard InChI is InChI=1S/C13H13N3O3/c1-3-11(17)9-6-4-5-7-10(9)16-8-14-12(15-16)13(18)19-2/h4-8H,3H2,1-2H3. The van der Waals surface area contributed by atoms with Crippen LogP contribution < -0.4 is 0 Å². The average molecular weight is 259 g/mol. The third-order valence-corrected chi connectivity index (χ3v) is 2.63. The first-order valence-electron chi connectivity index (χ1n) is 5.80. The second-order valence-corrected chi connectivity index (χ2v) is 3.80. The number of ether oxygens (including phenoxy) is 1. The molecule has 98 valence electrons. The summed E-state index contributed by atoms with van der Waals surface area (Å²) >= 11 is 0. The van der Waals surface area contributed by atoms with Gasteiger partial charge in [0.2, 0.25) is 0 Å². The smallest absolute Gasteiger partial charge is 0.377 e. The Hall–Kier alpha value is -2.50. The van der Waals surface area contributed by atoms with Crippen LogP contribution in [0.4, 0.5) is 0 Å². The largest absolute Gasteiger partial charge is 0.463 e. The SMILES string of the molecule is CCC(=O)c1ccccc1-n1cnc(C(=O)OC)n1. The van der Waals surface area contributed by atoms with Crippen LogP contribution >= 0.6 is 0 Å². The molecule has 0 atom stereocenters. The van der Waals surface area contributed by atoms with Gasteiger partial charge in [-0.05, 0) is 12.1 Å². The van der Waals surface area contributed by atoms with Crippen molar-refractivity contribution in [1.82, 2.24) is 14.8 Å². The van der Waals surface area contributed by atoms with Crippen LogP contribution in [0.5, 0.6) is 0 Å². The predicted octanol–water partition coefficient (Wildman–Crippen LogP) is 1.65. The van der Waals surface area contributed by atoms with E-state index < -0.39 is 5.97 Å². The lowest BCUT2D eigenvalue weighted by Gasteiger charge is -2.06. The van der Waals surface area contributed by atoms with E-state index in [2.05, 4.69) is 14.8 Å². The maximum atomic E-state index is 11.9. The Morgan fingerprint density at radius 1 is 1.32 bits per heavy atom. The molecule has 0 bridgehead atoms. The van der Waals surface area contributed by atoms with Crippen LogP contribution in [0.2, 0.25) is 0 Å². The topological polar surface area (TPSA) is 74.1 Å². The number of nitrogens with zero attached hydrogens (tertiary/aromatic N) is 3. The van der Waals surface area contributed by atoms with Gasteiger partial charge in [-0.25, -0.2) is 14.5 Å². The van der Waals surface area contributed by atoms with Crippen molar-refractivity contribution in [2.75, 3.05) is 7.11 Å². The summed E-state index contributed by atoms with van der Waals surface area (Å²) in [6, 6.07) is 7.05. The molecule has 0 aliphatic carbocycles. The molecule has 0 unspecified atom stereocenters. The van der Waals surface area contributed by atoms with Crippen molar-refractivity contribution in [3.8, 4) is 5.69 Å². The number of hydrogen-bond acceptors (Lipinski definition) is 5. The van der Waals surface area contributed by atoms with Gasteiger partial charge in [0.25, 0.3) is 5.82 Å². The van der Waals surface area contributed by atoms with Crippen LogP contribution in [0.15, 0.2) is 30.6 Å². The molecule has 0 saturated carbocycles. The minimum Gasteiger partial charge on any atom is -0.463 e. The number of para-hydroxylation sites is 1. The average Bonchev–Trinajstić information content (AvgIpc) is 2.95. The number of hydrogen-bond donors (Lipinski definition) is 0. The normalized spacial score (nSPS) is 10.2. The summed E-state index contributed by atoms with van der Waals surface area (Å²) in [6.07, 6.45) is 1.78. The number of aromatic nitrogens is 3. The highest BCUT2D eigenvalue weighted by atomic mass is 16.5. The molecular weight excluding hydrogens is 246 g/mol. The van der Waals surface area contributed by atoms with Crippen molar-refractivity contribution in [3.63, 3.8) is 0 Å². The van der Waals surface area contributed by atoms with Gasteiger partial charge in [-0.1, -0.05) is 19.1 Å². The fraction of sp³-hybridized carbons (Fsp3) is 0.231. The molecular formula is C13H13N3O3. The molecule has 0 aliphatic heterocycles. The number of Topliss-reactive ketones (excluding diaryl/α,β-unsaturated/α-hetero) is 1. The van der Waals surface area contributed by atoms with Crippen molar-refractivity contribution in [2.45, 2.75) is 13.3 Å². The number of methoxy groups -OCH3 is 1. The number of carbonyl (C=O) groups is 2. The molecule has 19 heavy (non-hydrogen) atoms. The van der Waals surface area contributed by atoms with Crippen molar-refractivity contribution in [3.05, 3.63) is 42.0 Å². The van der Waals surface area contributed by atoms with E-state index in [1.807, 2.05) is 0 Å². The molecule has 0 spiro atoms. The summed E-state index contributed by atoms with van der Waals surface area (Å²) in [5, 5.41) is 4.01. The Kier molecular flexibility index (Phi) is 3.70. The van der Waals surface area contributed by atoms with E-state index >= 15 is 0 Å². The van der Waals surface area contributed by atoms with E-state index in [0.29, 0.717) is 17.7 Å². The van der Waals surface area contributed by atoms with Gasteiger partial charge >= 0.3 is 5.97 Å². The number of ketones is 1. The zero-order chi connectivity index (χ0) is 13.8.